The molecule has 1 rings (SSSR count). The zero-order valence-corrected chi connectivity index (χ0v) is 9.77. The minimum absolute atomic E-state index is 0.413. The highest BCUT2D eigenvalue weighted by molar-refractivity contribution is 8.00. The van der Waals surface area contributed by atoms with E-state index >= 15 is 0 Å². The Morgan fingerprint density at radius 2 is 1.67 bits per heavy atom. The molecule has 0 saturated heterocycles. The van der Waals surface area contributed by atoms with Crippen molar-refractivity contribution in [2.24, 2.45) is 0 Å². The third-order valence-electron chi connectivity index (χ3n) is 1.55. The molecule has 0 aromatic heterocycles. The average molecular weight is 312 g/mol. The summed E-state index contributed by atoms with van der Waals surface area (Å²) in [7, 11) is 0. The van der Waals surface area contributed by atoms with Crippen molar-refractivity contribution in [2.75, 3.05) is 5.73 Å². The number of anilines is 1. The van der Waals surface area contributed by atoms with Gasteiger partial charge in [0.1, 0.15) is 0 Å². The Balaban J connectivity index is 3.15. The molecule has 2 N–H and O–H groups in total. The van der Waals surface area contributed by atoms with Crippen LogP contribution in [0.15, 0.2) is 17.0 Å². The number of alkyl halides is 6. The van der Waals surface area contributed by atoms with E-state index in [1.165, 1.54) is 0 Å². The van der Waals surface area contributed by atoms with E-state index in [4.69, 9.17) is 17.3 Å². The van der Waals surface area contributed by atoms with E-state index in [9.17, 15) is 26.3 Å². The van der Waals surface area contributed by atoms with E-state index in [0.717, 1.165) is 12.1 Å². The van der Waals surface area contributed by atoms with E-state index in [0.29, 0.717) is 0 Å². The standard InChI is InChI=1S/C8H4ClF6NOS/c9-3-1-2-4(17-7(10,11)12)5(16)6(3)18-8(13,14)15/h1-2H,16H2. The van der Waals surface area contributed by atoms with Gasteiger partial charge < -0.3 is 10.5 Å². The molecule has 0 amide bonds. The number of rotatable bonds is 2. The summed E-state index contributed by atoms with van der Waals surface area (Å²) >= 11 is 4.73. The maximum Gasteiger partial charge on any atom is 0.573 e. The van der Waals surface area contributed by atoms with E-state index < -0.39 is 45.0 Å². The average Bonchev–Trinajstić information content (AvgIpc) is 2.14. The van der Waals surface area contributed by atoms with Crippen LogP contribution in [0.3, 0.4) is 0 Å². The van der Waals surface area contributed by atoms with Crippen LogP contribution < -0.4 is 10.5 Å². The summed E-state index contributed by atoms with van der Waals surface area (Å²) in [6.07, 6.45) is -5.05. The van der Waals surface area contributed by atoms with Crippen molar-refractivity contribution in [3.8, 4) is 5.75 Å². The molecule has 2 nitrogen and oxygen atoms in total. The van der Waals surface area contributed by atoms with Crippen molar-refractivity contribution in [3.63, 3.8) is 0 Å². The highest BCUT2D eigenvalue weighted by Gasteiger charge is 2.35. The van der Waals surface area contributed by atoms with Crippen LogP contribution in [0.1, 0.15) is 0 Å². The van der Waals surface area contributed by atoms with Gasteiger partial charge in [0.15, 0.2) is 5.75 Å². The van der Waals surface area contributed by atoms with Gasteiger partial charge in [0, 0.05) is 0 Å². The van der Waals surface area contributed by atoms with Crippen LogP contribution in [-0.4, -0.2) is 11.9 Å². The Labute approximate surface area is 106 Å². The zero-order valence-electron chi connectivity index (χ0n) is 8.19. The monoisotopic (exact) mass is 311 g/mol. The van der Waals surface area contributed by atoms with Crippen LogP contribution in [-0.2, 0) is 0 Å². The van der Waals surface area contributed by atoms with Crippen LogP contribution in [0.2, 0.25) is 5.02 Å². The Hall–Kier alpha value is -0.960. The third kappa shape index (κ3) is 4.37. The summed E-state index contributed by atoms with van der Waals surface area (Å²) in [5.41, 5.74) is -0.377. The topological polar surface area (TPSA) is 35.2 Å². The molecule has 0 fully saturated rings. The molecule has 0 aliphatic carbocycles. The predicted molar refractivity (Wildman–Crippen MR) is 54.5 cm³/mol. The fourth-order valence-corrected chi connectivity index (χ4v) is 1.88. The van der Waals surface area contributed by atoms with Crippen molar-refractivity contribution in [3.05, 3.63) is 17.2 Å². The van der Waals surface area contributed by atoms with Crippen molar-refractivity contribution in [1.29, 1.82) is 0 Å². The van der Waals surface area contributed by atoms with Crippen LogP contribution in [0, 0.1) is 0 Å². The number of nitrogen functional groups attached to an aromatic ring is 1. The van der Waals surface area contributed by atoms with Gasteiger partial charge >= 0.3 is 11.9 Å². The summed E-state index contributed by atoms with van der Waals surface area (Å²) in [5.74, 6) is -0.932. The molecule has 0 radical (unpaired) electrons. The number of nitrogens with two attached hydrogens (primary N) is 1. The van der Waals surface area contributed by atoms with E-state index in [-0.39, 0.29) is 0 Å². The molecule has 0 atom stereocenters. The number of hydrogen-bond acceptors (Lipinski definition) is 3. The lowest BCUT2D eigenvalue weighted by atomic mass is 10.3. The summed E-state index contributed by atoms with van der Waals surface area (Å²) in [5, 5.41) is -0.413. The van der Waals surface area contributed by atoms with Gasteiger partial charge in [-0.1, -0.05) is 11.6 Å². The molecule has 1 aromatic carbocycles. The Kier molecular flexibility index (Phi) is 4.16. The Morgan fingerprint density at radius 1 is 1.11 bits per heavy atom. The largest absolute Gasteiger partial charge is 0.573 e. The molecular formula is C8H4ClF6NOS. The lowest BCUT2D eigenvalue weighted by Crippen LogP contribution is -2.18. The van der Waals surface area contributed by atoms with Crippen LogP contribution in [0.25, 0.3) is 0 Å². The van der Waals surface area contributed by atoms with Crippen LogP contribution >= 0.6 is 23.4 Å². The number of thioether (sulfide) groups is 1. The molecule has 0 spiro atoms. The van der Waals surface area contributed by atoms with Gasteiger partial charge in [-0.25, -0.2) is 0 Å². The minimum atomic E-state index is -5.05. The van der Waals surface area contributed by atoms with Crippen molar-refractivity contribution in [1.82, 2.24) is 0 Å². The molecule has 0 saturated carbocycles. The van der Waals surface area contributed by atoms with Crippen LogP contribution in [0.5, 0.6) is 5.75 Å². The zero-order chi connectivity index (χ0) is 14.1. The van der Waals surface area contributed by atoms with Gasteiger partial charge in [-0.3, -0.25) is 0 Å². The highest BCUT2D eigenvalue weighted by atomic mass is 35.5. The third-order valence-corrected chi connectivity index (χ3v) is 2.85. The van der Waals surface area contributed by atoms with Gasteiger partial charge in [-0.15, -0.1) is 13.2 Å². The van der Waals surface area contributed by atoms with Gasteiger partial charge in [-0.2, -0.15) is 13.2 Å². The van der Waals surface area contributed by atoms with Crippen LogP contribution in [0.4, 0.5) is 32.0 Å². The predicted octanol–water partition coefficient (Wildman–Crippen LogP) is 4.43. The number of benzene rings is 1. The molecule has 102 valence electrons. The molecule has 18 heavy (non-hydrogen) atoms. The first-order chi connectivity index (χ1) is 7.99. The maximum absolute atomic E-state index is 12.2. The Bertz CT molecular complexity index is 446. The van der Waals surface area contributed by atoms with E-state index in [1.807, 2.05) is 0 Å². The lowest BCUT2D eigenvalue weighted by Gasteiger charge is -2.15. The molecule has 0 bridgehead atoms. The quantitative estimate of drug-likeness (QED) is 0.498. The summed E-state index contributed by atoms with van der Waals surface area (Å²) < 4.78 is 75.8. The fraction of sp³-hybridized carbons (Fsp3) is 0.250. The van der Waals surface area contributed by atoms with Gasteiger partial charge in [0.05, 0.1) is 15.6 Å². The SMILES string of the molecule is Nc1c(OC(F)(F)F)ccc(Cl)c1SC(F)(F)F. The molecular weight excluding hydrogens is 308 g/mol. The maximum atomic E-state index is 12.2. The first-order valence-electron chi connectivity index (χ1n) is 4.09. The molecule has 10 heteroatoms. The molecule has 1 aromatic rings. The summed E-state index contributed by atoms with van der Waals surface area (Å²) in [6, 6.07) is 1.58. The van der Waals surface area contributed by atoms with Gasteiger partial charge in [-0.05, 0) is 23.9 Å². The number of hydrogen-bond donors (Lipinski definition) is 1. The number of halogens is 7. The molecule has 0 unspecified atom stereocenters. The molecule has 0 aliphatic rings. The summed E-state index contributed by atoms with van der Waals surface area (Å²) in [6.45, 7) is 0. The second kappa shape index (κ2) is 4.96. The lowest BCUT2D eigenvalue weighted by molar-refractivity contribution is -0.274. The second-order valence-corrected chi connectivity index (χ2v) is 4.37. The van der Waals surface area contributed by atoms with Gasteiger partial charge in [0.2, 0.25) is 0 Å². The normalized spacial score (nSPS) is 12.6. The summed E-state index contributed by atoms with van der Waals surface area (Å²) in [4.78, 5) is -0.731. The fourth-order valence-electron chi connectivity index (χ4n) is 0.988. The van der Waals surface area contributed by atoms with E-state index in [1.54, 1.807) is 0 Å². The smallest absolute Gasteiger partial charge is 0.404 e. The molecule has 0 heterocycles. The molecule has 0 aliphatic heterocycles. The van der Waals surface area contributed by atoms with Crippen molar-refractivity contribution in [2.45, 2.75) is 16.8 Å². The number of ether oxygens (including phenoxy) is 1. The Morgan fingerprint density at radius 3 is 2.11 bits per heavy atom. The van der Waals surface area contributed by atoms with Crippen molar-refractivity contribution < 1.29 is 31.1 Å². The first-order valence-corrected chi connectivity index (χ1v) is 5.28. The van der Waals surface area contributed by atoms with Crippen molar-refractivity contribution >= 4 is 29.1 Å². The van der Waals surface area contributed by atoms with Gasteiger partial charge in [0.25, 0.3) is 0 Å². The minimum Gasteiger partial charge on any atom is -0.404 e. The van der Waals surface area contributed by atoms with E-state index in [2.05, 4.69) is 4.74 Å². The second-order valence-electron chi connectivity index (χ2n) is 2.88. The first kappa shape index (κ1) is 15.1. The highest BCUT2D eigenvalue weighted by Crippen LogP contribution is 2.46.